The average molecular weight is 236 g/mol. The molecule has 0 aromatic heterocycles. The maximum Gasteiger partial charge on any atom is 0.290 e. The number of carbonyl (C=O) groups excluding carboxylic acids is 2. The molecule has 16 heavy (non-hydrogen) atoms. The molecule has 1 atom stereocenters. The van der Waals surface area contributed by atoms with E-state index in [1.54, 1.807) is 0 Å². The van der Waals surface area contributed by atoms with Crippen molar-refractivity contribution in [3.63, 3.8) is 0 Å². The van der Waals surface area contributed by atoms with Crippen LogP contribution in [0, 0.1) is 6.92 Å². The van der Waals surface area contributed by atoms with E-state index in [0.717, 1.165) is 27.8 Å². The van der Waals surface area contributed by atoms with Gasteiger partial charge >= 0.3 is 0 Å². The van der Waals surface area contributed by atoms with Gasteiger partial charge in [0.2, 0.25) is 5.91 Å². The molecular formula is C11H12N2O2S. The summed E-state index contributed by atoms with van der Waals surface area (Å²) in [4.78, 5) is 24.0. The Morgan fingerprint density at radius 3 is 2.44 bits per heavy atom. The van der Waals surface area contributed by atoms with E-state index in [2.05, 4.69) is 0 Å². The van der Waals surface area contributed by atoms with E-state index >= 15 is 0 Å². The minimum absolute atomic E-state index is 0.193. The number of hydrogen-bond acceptors (Lipinski definition) is 4. The van der Waals surface area contributed by atoms with Gasteiger partial charge in [0.05, 0.1) is 5.75 Å². The van der Waals surface area contributed by atoms with Crippen LogP contribution in [0.3, 0.4) is 0 Å². The molecule has 1 aliphatic rings. The minimum atomic E-state index is -0.671. The summed E-state index contributed by atoms with van der Waals surface area (Å²) in [5, 5.41) is -0.266. The van der Waals surface area contributed by atoms with Crippen molar-refractivity contribution in [2.24, 2.45) is 5.73 Å². The van der Waals surface area contributed by atoms with Gasteiger partial charge in [-0.25, -0.2) is 0 Å². The molecule has 4 nitrogen and oxygen atoms in total. The second-order valence-corrected chi connectivity index (χ2v) is 4.60. The number of nitrogens with zero attached hydrogens (tertiary/aromatic N) is 1. The van der Waals surface area contributed by atoms with E-state index < -0.39 is 6.17 Å². The smallest absolute Gasteiger partial charge is 0.290 e. The molecule has 1 unspecified atom stereocenters. The molecule has 2 amide bonds. The summed E-state index contributed by atoms with van der Waals surface area (Å²) >= 11 is 0.997. The zero-order valence-corrected chi connectivity index (χ0v) is 9.66. The lowest BCUT2D eigenvalue weighted by Crippen LogP contribution is -2.38. The van der Waals surface area contributed by atoms with Gasteiger partial charge in [0.15, 0.2) is 0 Å². The summed E-state index contributed by atoms with van der Waals surface area (Å²) in [5.41, 5.74) is 7.79. The second kappa shape index (κ2) is 4.27. The highest BCUT2D eigenvalue weighted by molar-refractivity contribution is 8.14. The molecule has 1 aromatic rings. The molecule has 1 saturated heterocycles. The number of thioether (sulfide) groups is 1. The number of aryl methyl sites for hydroxylation is 1. The number of carbonyl (C=O) groups is 2. The van der Waals surface area contributed by atoms with Crippen LogP contribution in [-0.2, 0) is 4.79 Å². The molecule has 0 bridgehead atoms. The molecule has 0 saturated carbocycles. The Kier molecular flexibility index (Phi) is 2.98. The number of benzene rings is 1. The zero-order chi connectivity index (χ0) is 11.7. The van der Waals surface area contributed by atoms with Crippen LogP contribution in [0.1, 0.15) is 17.3 Å². The number of imide groups is 1. The molecule has 2 N–H and O–H groups in total. The third-order valence-electron chi connectivity index (χ3n) is 2.48. The Balaban J connectivity index is 2.24. The normalized spacial score (nSPS) is 18.0. The van der Waals surface area contributed by atoms with E-state index in [9.17, 15) is 9.59 Å². The highest BCUT2D eigenvalue weighted by Gasteiger charge is 2.34. The fourth-order valence-corrected chi connectivity index (χ4v) is 2.29. The van der Waals surface area contributed by atoms with Gasteiger partial charge in [-0.15, -0.1) is 0 Å². The van der Waals surface area contributed by atoms with Crippen LogP contribution in [-0.4, -0.2) is 21.8 Å². The van der Waals surface area contributed by atoms with E-state index in [-0.39, 0.29) is 16.9 Å². The van der Waals surface area contributed by atoms with Crippen LogP contribution in [0.25, 0.3) is 0 Å². The number of amides is 2. The largest absolute Gasteiger partial charge is 0.307 e. The van der Waals surface area contributed by atoms with Crippen molar-refractivity contribution in [2.75, 3.05) is 5.75 Å². The molecule has 0 radical (unpaired) electrons. The Labute approximate surface area is 97.8 Å². The third kappa shape index (κ3) is 1.96. The zero-order valence-electron chi connectivity index (χ0n) is 8.84. The van der Waals surface area contributed by atoms with Gasteiger partial charge in [-0.2, -0.15) is 0 Å². The predicted molar refractivity (Wildman–Crippen MR) is 62.8 cm³/mol. The maximum atomic E-state index is 11.5. The fraction of sp³-hybridized carbons (Fsp3) is 0.273. The maximum absolute atomic E-state index is 11.5. The van der Waals surface area contributed by atoms with Crippen molar-refractivity contribution < 1.29 is 9.59 Å². The van der Waals surface area contributed by atoms with Gasteiger partial charge in [-0.3, -0.25) is 14.5 Å². The molecule has 0 spiro atoms. The van der Waals surface area contributed by atoms with Gasteiger partial charge < -0.3 is 5.73 Å². The number of nitrogens with two attached hydrogens (primary N) is 1. The second-order valence-electron chi connectivity index (χ2n) is 3.67. The third-order valence-corrected chi connectivity index (χ3v) is 3.32. The van der Waals surface area contributed by atoms with Crippen LogP contribution < -0.4 is 5.73 Å². The van der Waals surface area contributed by atoms with Crippen LogP contribution in [0.15, 0.2) is 24.3 Å². The lowest BCUT2D eigenvalue weighted by Gasteiger charge is -2.21. The molecule has 0 aliphatic carbocycles. The van der Waals surface area contributed by atoms with E-state index in [4.69, 9.17) is 5.73 Å². The summed E-state index contributed by atoms with van der Waals surface area (Å²) in [7, 11) is 0. The molecule has 1 aromatic carbocycles. The van der Waals surface area contributed by atoms with Crippen molar-refractivity contribution >= 4 is 22.9 Å². The van der Waals surface area contributed by atoms with Gasteiger partial charge in [0.25, 0.3) is 5.24 Å². The van der Waals surface area contributed by atoms with Crippen LogP contribution in [0.5, 0.6) is 0 Å². The van der Waals surface area contributed by atoms with E-state index in [0.29, 0.717) is 0 Å². The Morgan fingerprint density at radius 1 is 1.31 bits per heavy atom. The van der Waals surface area contributed by atoms with Gasteiger partial charge in [0.1, 0.15) is 6.17 Å². The first-order chi connectivity index (χ1) is 7.59. The average Bonchev–Trinajstić information content (AvgIpc) is 2.59. The molecule has 84 valence electrons. The summed E-state index contributed by atoms with van der Waals surface area (Å²) in [5.74, 6) is -0.0265. The molecular weight excluding hydrogens is 224 g/mol. The van der Waals surface area contributed by atoms with Crippen LogP contribution in [0.4, 0.5) is 4.79 Å². The summed E-state index contributed by atoms with van der Waals surface area (Å²) in [6.45, 7) is 1.97. The summed E-state index contributed by atoms with van der Waals surface area (Å²) < 4.78 is 0. The predicted octanol–water partition coefficient (Wildman–Crippen LogP) is 1.65. The quantitative estimate of drug-likeness (QED) is 0.848. The highest BCUT2D eigenvalue weighted by Crippen LogP contribution is 2.26. The van der Waals surface area contributed by atoms with Crippen molar-refractivity contribution in [3.05, 3.63) is 35.4 Å². The molecule has 1 fully saturated rings. The van der Waals surface area contributed by atoms with Crippen molar-refractivity contribution in [3.8, 4) is 0 Å². The minimum Gasteiger partial charge on any atom is -0.307 e. The van der Waals surface area contributed by atoms with Gasteiger partial charge in [0, 0.05) is 0 Å². The van der Waals surface area contributed by atoms with Crippen LogP contribution in [0.2, 0.25) is 0 Å². The van der Waals surface area contributed by atoms with E-state index in [1.807, 2.05) is 31.2 Å². The number of rotatable bonds is 2. The van der Waals surface area contributed by atoms with E-state index in [1.165, 1.54) is 0 Å². The van der Waals surface area contributed by atoms with Crippen LogP contribution >= 0.6 is 11.8 Å². The van der Waals surface area contributed by atoms with Gasteiger partial charge in [-0.05, 0) is 12.5 Å². The Hall–Kier alpha value is -1.33. The lowest BCUT2D eigenvalue weighted by atomic mass is 10.1. The first kappa shape index (κ1) is 11.2. The topological polar surface area (TPSA) is 63.4 Å². The molecule has 1 aliphatic heterocycles. The SMILES string of the molecule is Cc1ccc(C(N)N2C(=O)CSC2=O)cc1. The fourth-order valence-electron chi connectivity index (χ4n) is 1.55. The molecule has 1 heterocycles. The first-order valence-electron chi connectivity index (χ1n) is 4.90. The van der Waals surface area contributed by atoms with Crippen molar-refractivity contribution in [1.82, 2.24) is 4.90 Å². The van der Waals surface area contributed by atoms with Crippen molar-refractivity contribution in [1.29, 1.82) is 0 Å². The summed E-state index contributed by atoms with van der Waals surface area (Å²) in [6.07, 6.45) is -0.671. The molecule has 2 rings (SSSR count). The lowest BCUT2D eigenvalue weighted by molar-refractivity contribution is -0.126. The first-order valence-corrected chi connectivity index (χ1v) is 5.89. The standard InChI is InChI=1S/C11H12N2O2S/c1-7-2-4-8(5-3-7)10(12)13-9(14)6-16-11(13)15/h2-5,10H,6,12H2,1H3. The monoisotopic (exact) mass is 236 g/mol. The Bertz CT molecular complexity index is 414. The van der Waals surface area contributed by atoms with Crippen molar-refractivity contribution in [2.45, 2.75) is 13.1 Å². The van der Waals surface area contributed by atoms with Gasteiger partial charge in [-0.1, -0.05) is 41.6 Å². The summed E-state index contributed by atoms with van der Waals surface area (Å²) in [6, 6.07) is 7.49. The highest BCUT2D eigenvalue weighted by atomic mass is 32.2. The molecule has 5 heteroatoms. The Morgan fingerprint density at radius 2 is 1.94 bits per heavy atom. The number of hydrogen-bond donors (Lipinski definition) is 1.